The van der Waals surface area contributed by atoms with E-state index in [1.807, 2.05) is 26.0 Å². The maximum absolute atomic E-state index is 13.1. The van der Waals surface area contributed by atoms with Gasteiger partial charge in [-0.15, -0.1) is 11.3 Å². The molecule has 8 heteroatoms. The molecule has 1 N–H and O–H groups in total. The lowest BCUT2D eigenvalue weighted by atomic mass is 10.2. The second-order valence-electron chi connectivity index (χ2n) is 7.01. The smallest absolute Gasteiger partial charge is 0.243 e. The lowest BCUT2D eigenvalue weighted by Gasteiger charge is -2.26. The molecule has 1 aliphatic heterocycles. The summed E-state index contributed by atoms with van der Waals surface area (Å²) in [5.41, 5.74) is 2.70. The van der Waals surface area contributed by atoms with E-state index >= 15 is 0 Å². The molecule has 138 valence electrons. The lowest BCUT2D eigenvalue weighted by molar-refractivity contribution is -0.117. The first-order valence-corrected chi connectivity index (χ1v) is 11.0. The third-order valence-electron chi connectivity index (χ3n) is 4.82. The average molecular weight is 392 g/mol. The van der Waals surface area contributed by atoms with E-state index in [4.69, 9.17) is 0 Å². The van der Waals surface area contributed by atoms with Gasteiger partial charge in [-0.2, -0.15) is 4.31 Å². The number of fused-ring (bicyclic) bond motifs is 1. The summed E-state index contributed by atoms with van der Waals surface area (Å²) in [6.45, 7) is 4.49. The van der Waals surface area contributed by atoms with Gasteiger partial charge in [0, 0.05) is 23.8 Å². The van der Waals surface area contributed by atoms with Crippen LogP contribution in [0.1, 0.15) is 34.5 Å². The number of nitrogens with one attached hydrogen (secondary N) is 1. The van der Waals surface area contributed by atoms with Crippen LogP contribution in [0.4, 0.5) is 5.13 Å². The molecule has 0 spiro atoms. The van der Waals surface area contributed by atoms with E-state index in [0.29, 0.717) is 29.5 Å². The van der Waals surface area contributed by atoms with Crippen LogP contribution in [0.3, 0.4) is 0 Å². The molecular formula is C18H21N3O3S2. The number of hydrogen-bond acceptors (Lipinski definition) is 5. The van der Waals surface area contributed by atoms with E-state index in [9.17, 15) is 13.2 Å². The minimum Gasteiger partial charge on any atom is -0.302 e. The highest BCUT2D eigenvalue weighted by Crippen LogP contribution is 2.34. The molecule has 1 aliphatic carbocycles. The lowest BCUT2D eigenvalue weighted by Crippen LogP contribution is -2.35. The Hall–Kier alpha value is -1.77. The van der Waals surface area contributed by atoms with Crippen LogP contribution in [0.5, 0.6) is 0 Å². The standard InChI is InChI=1S/C18H21N3O3S2/c1-11-3-6-16(12(2)9-11)26(23,24)21-8-7-14-15(10-21)25-18(19-14)20-17(22)13-4-5-13/h3,6,9,13H,4-5,7-8,10H2,1-2H3,(H,19,20,22). The molecule has 0 radical (unpaired) electrons. The highest BCUT2D eigenvalue weighted by atomic mass is 32.2. The van der Waals surface area contributed by atoms with Crippen molar-refractivity contribution in [2.24, 2.45) is 5.92 Å². The van der Waals surface area contributed by atoms with Crippen LogP contribution in [-0.4, -0.2) is 30.2 Å². The Kier molecular flexibility index (Phi) is 4.37. The van der Waals surface area contributed by atoms with Crippen LogP contribution < -0.4 is 5.32 Å². The molecule has 1 aromatic heterocycles. The van der Waals surface area contributed by atoms with E-state index in [1.165, 1.54) is 15.6 Å². The molecule has 0 unspecified atom stereocenters. The van der Waals surface area contributed by atoms with Crippen LogP contribution in [-0.2, 0) is 27.8 Å². The van der Waals surface area contributed by atoms with E-state index in [2.05, 4.69) is 10.3 Å². The van der Waals surface area contributed by atoms with Gasteiger partial charge in [0.2, 0.25) is 15.9 Å². The van der Waals surface area contributed by atoms with Crippen molar-refractivity contribution < 1.29 is 13.2 Å². The number of hydrogen-bond donors (Lipinski definition) is 1. The number of carbonyl (C=O) groups excluding carboxylic acids is 1. The number of sulfonamides is 1. The quantitative estimate of drug-likeness (QED) is 0.869. The zero-order valence-corrected chi connectivity index (χ0v) is 16.4. The fourth-order valence-electron chi connectivity index (χ4n) is 3.21. The average Bonchev–Trinajstić information content (AvgIpc) is 3.34. The van der Waals surface area contributed by atoms with Gasteiger partial charge in [-0.05, 0) is 38.3 Å². The molecule has 6 nitrogen and oxygen atoms in total. The Labute approximate surface area is 157 Å². The fourth-order valence-corrected chi connectivity index (χ4v) is 5.93. The Morgan fingerprint density at radius 2 is 2.08 bits per heavy atom. The topological polar surface area (TPSA) is 79.4 Å². The summed E-state index contributed by atoms with van der Waals surface area (Å²) < 4.78 is 27.6. The molecule has 2 aliphatic rings. The molecule has 26 heavy (non-hydrogen) atoms. The molecular weight excluding hydrogens is 370 g/mol. The summed E-state index contributed by atoms with van der Waals surface area (Å²) in [6, 6.07) is 5.40. The van der Waals surface area contributed by atoms with Crippen molar-refractivity contribution in [1.82, 2.24) is 9.29 Å². The second kappa shape index (κ2) is 6.44. The van der Waals surface area contributed by atoms with Crippen molar-refractivity contribution >= 4 is 32.4 Å². The predicted octanol–water partition coefficient (Wildman–Crippen LogP) is 2.86. The molecule has 1 amide bonds. The Bertz CT molecular complexity index is 978. The Morgan fingerprint density at radius 1 is 1.31 bits per heavy atom. The van der Waals surface area contributed by atoms with E-state index in [-0.39, 0.29) is 11.8 Å². The number of rotatable bonds is 4. The zero-order valence-electron chi connectivity index (χ0n) is 14.8. The maximum atomic E-state index is 13.1. The molecule has 1 aromatic carbocycles. The van der Waals surface area contributed by atoms with Crippen LogP contribution in [0, 0.1) is 19.8 Å². The number of anilines is 1. The van der Waals surface area contributed by atoms with Crippen molar-refractivity contribution in [3.63, 3.8) is 0 Å². The third kappa shape index (κ3) is 3.28. The van der Waals surface area contributed by atoms with Crippen LogP contribution in [0.15, 0.2) is 23.1 Å². The van der Waals surface area contributed by atoms with Gasteiger partial charge in [-0.3, -0.25) is 4.79 Å². The van der Waals surface area contributed by atoms with Gasteiger partial charge in [0.1, 0.15) is 0 Å². The van der Waals surface area contributed by atoms with Crippen molar-refractivity contribution in [3.8, 4) is 0 Å². The highest BCUT2D eigenvalue weighted by molar-refractivity contribution is 7.89. The first kappa shape index (κ1) is 17.6. The van der Waals surface area contributed by atoms with Gasteiger partial charge < -0.3 is 5.32 Å². The highest BCUT2D eigenvalue weighted by Gasteiger charge is 2.33. The number of amides is 1. The summed E-state index contributed by atoms with van der Waals surface area (Å²) in [4.78, 5) is 17.7. The Balaban J connectivity index is 1.55. The monoisotopic (exact) mass is 391 g/mol. The SMILES string of the molecule is Cc1ccc(S(=O)(=O)N2CCc3nc(NC(=O)C4CC4)sc3C2)c(C)c1. The van der Waals surface area contributed by atoms with E-state index in [0.717, 1.165) is 34.5 Å². The first-order chi connectivity index (χ1) is 12.3. The molecule has 1 fully saturated rings. The normalized spacial score (nSPS) is 17.8. The summed E-state index contributed by atoms with van der Waals surface area (Å²) >= 11 is 1.38. The first-order valence-electron chi connectivity index (χ1n) is 8.71. The number of aromatic nitrogens is 1. The van der Waals surface area contributed by atoms with Gasteiger partial charge in [0.05, 0.1) is 17.1 Å². The molecule has 0 atom stereocenters. The number of thiazole rings is 1. The van der Waals surface area contributed by atoms with E-state index < -0.39 is 10.0 Å². The summed E-state index contributed by atoms with van der Waals surface area (Å²) in [6.07, 6.45) is 2.45. The van der Waals surface area contributed by atoms with Gasteiger partial charge in [0.15, 0.2) is 5.13 Å². The minimum atomic E-state index is -3.54. The molecule has 2 aromatic rings. The summed E-state index contributed by atoms with van der Waals surface area (Å²) in [5.74, 6) is 0.146. The zero-order chi connectivity index (χ0) is 18.5. The molecule has 2 heterocycles. The van der Waals surface area contributed by atoms with Gasteiger partial charge in [-0.1, -0.05) is 17.7 Å². The van der Waals surface area contributed by atoms with Crippen LogP contribution >= 0.6 is 11.3 Å². The summed E-state index contributed by atoms with van der Waals surface area (Å²) in [7, 11) is -3.54. The van der Waals surface area contributed by atoms with Crippen LogP contribution in [0.25, 0.3) is 0 Å². The predicted molar refractivity (Wildman–Crippen MR) is 101 cm³/mol. The third-order valence-corrected chi connectivity index (χ3v) is 7.83. The minimum absolute atomic E-state index is 0.0239. The molecule has 0 bridgehead atoms. The van der Waals surface area contributed by atoms with Crippen molar-refractivity contribution in [1.29, 1.82) is 0 Å². The number of aryl methyl sites for hydroxylation is 2. The van der Waals surface area contributed by atoms with Crippen LogP contribution in [0.2, 0.25) is 0 Å². The fraction of sp³-hybridized carbons (Fsp3) is 0.444. The van der Waals surface area contributed by atoms with Crippen molar-refractivity contribution in [2.45, 2.75) is 44.6 Å². The van der Waals surface area contributed by atoms with Crippen molar-refractivity contribution in [3.05, 3.63) is 39.9 Å². The number of nitrogens with zero attached hydrogens (tertiary/aromatic N) is 2. The largest absolute Gasteiger partial charge is 0.302 e. The second-order valence-corrected chi connectivity index (χ2v) is 10.00. The number of benzene rings is 1. The van der Waals surface area contributed by atoms with Gasteiger partial charge >= 0.3 is 0 Å². The van der Waals surface area contributed by atoms with Gasteiger partial charge in [-0.25, -0.2) is 13.4 Å². The van der Waals surface area contributed by atoms with Crippen molar-refractivity contribution in [2.75, 3.05) is 11.9 Å². The van der Waals surface area contributed by atoms with Gasteiger partial charge in [0.25, 0.3) is 0 Å². The van der Waals surface area contributed by atoms with E-state index in [1.54, 1.807) is 6.07 Å². The number of carbonyl (C=O) groups is 1. The molecule has 4 rings (SSSR count). The maximum Gasteiger partial charge on any atom is 0.243 e. The Morgan fingerprint density at radius 3 is 2.77 bits per heavy atom. The summed E-state index contributed by atoms with van der Waals surface area (Å²) in [5, 5.41) is 3.44. The molecule has 1 saturated carbocycles. The molecule has 0 saturated heterocycles.